The fourth-order valence-corrected chi connectivity index (χ4v) is 3.45. The number of carbonyl (C=O) groups is 1. The van der Waals surface area contributed by atoms with E-state index in [4.69, 9.17) is 10.5 Å². The highest BCUT2D eigenvalue weighted by molar-refractivity contribution is 5.83. The molecule has 1 unspecified atom stereocenters. The summed E-state index contributed by atoms with van der Waals surface area (Å²) in [5.74, 6) is -1.55. The molecule has 1 atom stereocenters. The first kappa shape index (κ1) is 24.1. The molecule has 0 heterocycles. The molecule has 0 bridgehead atoms. The number of hydrogen-bond acceptors (Lipinski definition) is 3. The van der Waals surface area contributed by atoms with Gasteiger partial charge in [-0.25, -0.2) is 8.78 Å². The van der Waals surface area contributed by atoms with Gasteiger partial charge in [0, 0.05) is 11.6 Å². The number of rotatable bonds is 9. The quantitative estimate of drug-likeness (QED) is 0.425. The number of ether oxygens (including phenoxy) is 1. The minimum atomic E-state index is -1.08. The molecule has 3 rings (SSSR count). The maximum atomic E-state index is 13.5. The summed E-state index contributed by atoms with van der Waals surface area (Å²) < 4.78 is 33.0. The highest BCUT2D eigenvalue weighted by atomic mass is 19.1. The molecule has 0 saturated heterocycles. The number of para-hydroxylation sites is 1. The first-order valence-electron chi connectivity index (χ1n) is 10.7. The summed E-state index contributed by atoms with van der Waals surface area (Å²) in [6, 6.07) is 17.5. The molecule has 0 aliphatic carbocycles. The first-order valence-corrected chi connectivity index (χ1v) is 10.7. The monoisotopic (exact) mass is 451 g/mol. The van der Waals surface area contributed by atoms with Crippen LogP contribution in [0.25, 0.3) is 5.57 Å². The Morgan fingerprint density at radius 1 is 1.03 bits per heavy atom. The molecule has 33 heavy (non-hydrogen) atoms. The molecule has 0 aliphatic rings. The lowest BCUT2D eigenvalue weighted by Gasteiger charge is -2.16. The first-order chi connectivity index (χ1) is 15.7. The molecule has 3 N–H and O–H groups in total. The number of aliphatic carboxylic acids is 1. The van der Waals surface area contributed by atoms with Crippen molar-refractivity contribution in [1.29, 1.82) is 0 Å². The normalized spacial score (nSPS) is 12.6. The van der Waals surface area contributed by atoms with Crippen molar-refractivity contribution in [3.05, 3.63) is 107 Å². The van der Waals surface area contributed by atoms with Crippen LogP contribution in [0, 0.1) is 11.6 Å². The average Bonchev–Trinajstić information content (AvgIpc) is 2.78. The van der Waals surface area contributed by atoms with E-state index in [1.165, 1.54) is 17.7 Å². The zero-order chi connectivity index (χ0) is 24.0. The van der Waals surface area contributed by atoms with Gasteiger partial charge in [0.2, 0.25) is 0 Å². The smallest absolute Gasteiger partial charge is 0.320 e. The molecule has 0 saturated carbocycles. The average molecular weight is 452 g/mol. The second-order valence-corrected chi connectivity index (χ2v) is 8.14. The van der Waals surface area contributed by atoms with Gasteiger partial charge in [-0.3, -0.25) is 4.79 Å². The van der Waals surface area contributed by atoms with Gasteiger partial charge in [-0.1, -0.05) is 62.4 Å². The number of benzene rings is 3. The second kappa shape index (κ2) is 10.9. The summed E-state index contributed by atoms with van der Waals surface area (Å²) >= 11 is 0. The van der Waals surface area contributed by atoms with E-state index in [0.29, 0.717) is 17.2 Å². The highest BCUT2D eigenvalue weighted by Gasteiger charge is 2.15. The molecule has 0 aliphatic heterocycles. The van der Waals surface area contributed by atoms with Gasteiger partial charge < -0.3 is 15.6 Å². The van der Waals surface area contributed by atoms with Gasteiger partial charge in [0.1, 0.15) is 30.0 Å². The lowest BCUT2D eigenvalue weighted by Crippen LogP contribution is -2.29. The van der Waals surface area contributed by atoms with Gasteiger partial charge in [0.05, 0.1) is 0 Å². The second-order valence-electron chi connectivity index (χ2n) is 8.14. The fraction of sp³-hybridized carbons (Fsp3) is 0.222. The third-order valence-electron chi connectivity index (χ3n) is 5.28. The maximum absolute atomic E-state index is 13.5. The van der Waals surface area contributed by atoms with Crippen LogP contribution in [0.5, 0.6) is 5.75 Å². The topological polar surface area (TPSA) is 72.6 Å². The maximum Gasteiger partial charge on any atom is 0.320 e. The molecule has 0 spiro atoms. The molecule has 3 aromatic rings. The predicted octanol–water partition coefficient (Wildman–Crippen LogP) is 5.90. The molecular formula is C27H27F2NO3. The summed E-state index contributed by atoms with van der Waals surface area (Å²) in [6.07, 6.45) is 1.91. The SMILES string of the molecule is CC(C)c1ccc(/C(=C/CC(N)C(=O)O)c2ccccc2OCc2cc(F)cc(F)c2)cc1. The lowest BCUT2D eigenvalue weighted by atomic mass is 9.93. The Morgan fingerprint density at radius 3 is 2.27 bits per heavy atom. The lowest BCUT2D eigenvalue weighted by molar-refractivity contribution is -0.138. The van der Waals surface area contributed by atoms with Crippen LogP contribution >= 0.6 is 0 Å². The molecule has 6 heteroatoms. The van der Waals surface area contributed by atoms with Gasteiger partial charge in [-0.05, 0) is 52.8 Å². The van der Waals surface area contributed by atoms with Crippen molar-refractivity contribution in [2.75, 3.05) is 0 Å². The number of carboxylic acid groups (broad SMARTS) is 1. The van der Waals surface area contributed by atoms with Crippen LogP contribution in [-0.2, 0) is 11.4 Å². The van der Waals surface area contributed by atoms with E-state index in [1.54, 1.807) is 18.2 Å². The number of halogens is 2. The third-order valence-corrected chi connectivity index (χ3v) is 5.28. The Labute approximate surface area is 192 Å². The van der Waals surface area contributed by atoms with E-state index in [2.05, 4.69) is 13.8 Å². The van der Waals surface area contributed by atoms with Crippen LogP contribution in [0.15, 0.2) is 72.8 Å². The van der Waals surface area contributed by atoms with Crippen LogP contribution in [-0.4, -0.2) is 17.1 Å². The van der Waals surface area contributed by atoms with Crippen LogP contribution < -0.4 is 10.5 Å². The van der Waals surface area contributed by atoms with Crippen molar-refractivity contribution in [2.24, 2.45) is 5.73 Å². The zero-order valence-electron chi connectivity index (χ0n) is 18.6. The van der Waals surface area contributed by atoms with Gasteiger partial charge in [0.25, 0.3) is 0 Å². The third kappa shape index (κ3) is 6.49. The summed E-state index contributed by atoms with van der Waals surface area (Å²) in [5, 5.41) is 9.20. The van der Waals surface area contributed by atoms with Crippen molar-refractivity contribution >= 4 is 11.5 Å². The Balaban J connectivity index is 1.97. The van der Waals surface area contributed by atoms with E-state index < -0.39 is 23.6 Å². The summed E-state index contributed by atoms with van der Waals surface area (Å²) in [7, 11) is 0. The number of hydrogen-bond donors (Lipinski definition) is 2. The highest BCUT2D eigenvalue weighted by Crippen LogP contribution is 2.33. The van der Waals surface area contributed by atoms with Gasteiger partial charge in [-0.15, -0.1) is 0 Å². The molecule has 4 nitrogen and oxygen atoms in total. The van der Waals surface area contributed by atoms with Crippen molar-refractivity contribution in [2.45, 2.75) is 38.8 Å². The summed E-state index contributed by atoms with van der Waals surface area (Å²) in [4.78, 5) is 11.2. The Morgan fingerprint density at radius 2 is 1.67 bits per heavy atom. The molecular weight excluding hydrogens is 424 g/mol. The van der Waals surface area contributed by atoms with E-state index in [-0.39, 0.29) is 13.0 Å². The molecule has 0 aromatic heterocycles. The molecule has 0 amide bonds. The summed E-state index contributed by atoms with van der Waals surface area (Å²) in [6.45, 7) is 4.19. The van der Waals surface area contributed by atoms with E-state index in [1.807, 2.05) is 36.4 Å². The molecule has 0 fully saturated rings. The Bertz CT molecular complexity index is 1120. The Kier molecular flexibility index (Phi) is 7.96. The largest absolute Gasteiger partial charge is 0.488 e. The van der Waals surface area contributed by atoms with Crippen molar-refractivity contribution in [3.63, 3.8) is 0 Å². The number of carboxylic acids is 1. The standard InChI is InChI=1S/C27H27F2NO3/c1-17(2)19-7-9-20(10-8-19)23(11-12-25(30)27(31)32)24-5-3-4-6-26(24)33-16-18-13-21(28)15-22(29)14-18/h3-11,13-15,17,25H,12,16,30H2,1-2H3,(H,31,32)/b23-11-. The van der Waals surface area contributed by atoms with Crippen molar-refractivity contribution in [3.8, 4) is 5.75 Å². The van der Waals surface area contributed by atoms with Gasteiger partial charge >= 0.3 is 5.97 Å². The molecule has 172 valence electrons. The van der Waals surface area contributed by atoms with E-state index >= 15 is 0 Å². The summed E-state index contributed by atoms with van der Waals surface area (Å²) in [5.41, 5.74) is 9.65. The van der Waals surface area contributed by atoms with Crippen LogP contribution in [0.3, 0.4) is 0 Å². The molecule has 0 radical (unpaired) electrons. The van der Waals surface area contributed by atoms with Crippen molar-refractivity contribution < 1.29 is 23.4 Å². The van der Waals surface area contributed by atoms with Crippen LogP contribution in [0.2, 0.25) is 0 Å². The minimum absolute atomic E-state index is 0.0279. The van der Waals surface area contributed by atoms with E-state index in [9.17, 15) is 18.7 Å². The predicted molar refractivity (Wildman–Crippen MR) is 125 cm³/mol. The van der Waals surface area contributed by atoms with Gasteiger partial charge in [-0.2, -0.15) is 0 Å². The van der Waals surface area contributed by atoms with Crippen molar-refractivity contribution in [1.82, 2.24) is 0 Å². The minimum Gasteiger partial charge on any atom is -0.488 e. The zero-order valence-corrected chi connectivity index (χ0v) is 18.6. The Hall–Kier alpha value is -3.51. The molecule has 3 aromatic carbocycles. The van der Waals surface area contributed by atoms with Crippen LogP contribution in [0.1, 0.15) is 48.4 Å². The fourth-order valence-electron chi connectivity index (χ4n) is 3.45. The number of nitrogens with two attached hydrogens (primary N) is 1. The van der Waals surface area contributed by atoms with Gasteiger partial charge in [0.15, 0.2) is 0 Å². The van der Waals surface area contributed by atoms with E-state index in [0.717, 1.165) is 22.8 Å². The van der Waals surface area contributed by atoms with Crippen LogP contribution in [0.4, 0.5) is 8.78 Å².